The first-order valence-corrected chi connectivity index (χ1v) is 6.75. The molecule has 2 aromatic carbocycles. The van der Waals surface area contributed by atoms with Crippen LogP contribution in [0.3, 0.4) is 0 Å². The van der Waals surface area contributed by atoms with Gasteiger partial charge in [0.2, 0.25) is 0 Å². The van der Waals surface area contributed by atoms with E-state index in [-0.39, 0.29) is 0 Å². The summed E-state index contributed by atoms with van der Waals surface area (Å²) >= 11 is 0. The molecule has 5 heteroatoms. The summed E-state index contributed by atoms with van der Waals surface area (Å²) in [4.78, 5) is 0. The Hall–Kier alpha value is -2.82. The molecule has 0 amide bonds. The monoisotopic (exact) mass is 280 g/mol. The van der Waals surface area contributed by atoms with Gasteiger partial charge in [0, 0.05) is 17.3 Å². The highest BCUT2D eigenvalue weighted by Gasteiger charge is 2.06. The van der Waals surface area contributed by atoms with Crippen LogP contribution in [0.5, 0.6) is 5.75 Å². The molecule has 1 heterocycles. The van der Waals surface area contributed by atoms with Crippen molar-refractivity contribution in [3.05, 3.63) is 60.8 Å². The zero-order chi connectivity index (χ0) is 14.5. The lowest BCUT2D eigenvalue weighted by Gasteiger charge is -2.09. The predicted octanol–water partition coefficient (Wildman–Crippen LogP) is 2.61. The van der Waals surface area contributed by atoms with E-state index in [1.165, 1.54) is 0 Å². The summed E-state index contributed by atoms with van der Waals surface area (Å²) in [5, 5.41) is 8.08. The van der Waals surface area contributed by atoms with Gasteiger partial charge in [0.25, 0.3) is 0 Å². The minimum Gasteiger partial charge on any atom is -0.492 e. The number of rotatable bonds is 5. The van der Waals surface area contributed by atoms with E-state index in [9.17, 15) is 0 Å². The van der Waals surface area contributed by atoms with Crippen molar-refractivity contribution >= 4 is 5.69 Å². The quantitative estimate of drug-likeness (QED) is 0.730. The lowest BCUT2D eigenvalue weighted by atomic mass is 10.2. The Morgan fingerprint density at radius 2 is 1.90 bits per heavy atom. The molecule has 0 atom stereocenters. The van der Waals surface area contributed by atoms with Crippen molar-refractivity contribution in [3.8, 4) is 17.0 Å². The van der Waals surface area contributed by atoms with Crippen LogP contribution in [-0.4, -0.2) is 21.6 Å². The SMILES string of the molecule is Nc1cccc(OCCn2nncc2-c2ccccc2)c1. The molecule has 21 heavy (non-hydrogen) atoms. The van der Waals surface area contributed by atoms with E-state index in [0.29, 0.717) is 18.8 Å². The van der Waals surface area contributed by atoms with Crippen LogP contribution >= 0.6 is 0 Å². The Morgan fingerprint density at radius 1 is 1.05 bits per heavy atom. The second-order valence-electron chi connectivity index (χ2n) is 4.63. The third-order valence-corrected chi connectivity index (χ3v) is 3.12. The van der Waals surface area contributed by atoms with E-state index in [1.807, 2.05) is 53.2 Å². The van der Waals surface area contributed by atoms with E-state index in [0.717, 1.165) is 17.0 Å². The molecule has 0 spiro atoms. The number of hydrogen-bond acceptors (Lipinski definition) is 4. The summed E-state index contributed by atoms with van der Waals surface area (Å²) in [6, 6.07) is 17.4. The van der Waals surface area contributed by atoms with Crippen molar-refractivity contribution in [2.75, 3.05) is 12.3 Å². The number of nitrogens with zero attached hydrogens (tertiary/aromatic N) is 3. The smallest absolute Gasteiger partial charge is 0.121 e. The fourth-order valence-corrected chi connectivity index (χ4v) is 2.11. The summed E-state index contributed by atoms with van der Waals surface area (Å²) in [7, 11) is 0. The first-order chi connectivity index (χ1) is 10.3. The Labute approximate surface area is 123 Å². The molecule has 5 nitrogen and oxygen atoms in total. The molecule has 0 aliphatic rings. The zero-order valence-electron chi connectivity index (χ0n) is 11.5. The average Bonchev–Trinajstić information content (AvgIpc) is 2.97. The van der Waals surface area contributed by atoms with Gasteiger partial charge in [0.15, 0.2) is 0 Å². The topological polar surface area (TPSA) is 66.0 Å². The summed E-state index contributed by atoms with van der Waals surface area (Å²) in [5.74, 6) is 0.761. The Morgan fingerprint density at radius 3 is 2.71 bits per heavy atom. The van der Waals surface area contributed by atoms with Gasteiger partial charge in [-0.15, -0.1) is 5.10 Å². The lowest BCUT2D eigenvalue weighted by molar-refractivity contribution is 0.291. The van der Waals surface area contributed by atoms with Crippen LogP contribution in [-0.2, 0) is 6.54 Å². The molecule has 3 aromatic rings. The van der Waals surface area contributed by atoms with Gasteiger partial charge in [0.1, 0.15) is 12.4 Å². The molecule has 0 saturated carbocycles. The third-order valence-electron chi connectivity index (χ3n) is 3.12. The zero-order valence-corrected chi connectivity index (χ0v) is 11.5. The van der Waals surface area contributed by atoms with Crippen molar-refractivity contribution in [1.82, 2.24) is 15.0 Å². The number of nitrogens with two attached hydrogens (primary N) is 1. The molecule has 0 bridgehead atoms. The maximum atomic E-state index is 5.72. The maximum absolute atomic E-state index is 5.72. The highest BCUT2D eigenvalue weighted by molar-refractivity contribution is 5.57. The molecule has 0 fully saturated rings. The van der Waals surface area contributed by atoms with Crippen LogP contribution in [0, 0.1) is 0 Å². The molecule has 106 valence electrons. The lowest BCUT2D eigenvalue weighted by Crippen LogP contribution is -2.11. The van der Waals surface area contributed by atoms with Crippen LogP contribution in [0.4, 0.5) is 5.69 Å². The highest BCUT2D eigenvalue weighted by atomic mass is 16.5. The molecular weight excluding hydrogens is 264 g/mol. The van der Waals surface area contributed by atoms with Crippen LogP contribution in [0.15, 0.2) is 60.8 Å². The number of aromatic nitrogens is 3. The molecule has 0 unspecified atom stereocenters. The van der Waals surface area contributed by atoms with Gasteiger partial charge >= 0.3 is 0 Å². The second kappa shape index (κ2) is 6.09. The molecule has 1 aromatic heterocycles. The van der Waals surface area contributed by atoms with Gasteiger partial charge in [-0.05, 0) is 12.1 Å². The molecule has 0 aliphatic carbocycles. The summed E-state index contributed by atoms with van der Waals surface area (Å²) in [6.07, 6.45) is 1.76. The second-order valence-corrected chi connectivity index (χ2v) is 4.63. The molecule has 2 N–H and O–H groups in total. The molecule has 3 rings (SSSR count). The van der Waals surface area contributed by atoms with Gasteiger partial charge in [-0.25, -0.2) is 4.68 Å². The molecular formula is C16H16N4O. The van der Waals surface area contributed by atoms with Crippen LogP contribution < -0.4 is 10.5 Å². The van der Waals surface area contributed by atoms with Gasteiger partial charge < -0.3 is 10.5 Å². The van der Waals surface area contributed by atoms with E-state index in [1.54, 1.807) is 12.3 Å². The molecule has 0 aliphatic heterocycles. The maximum Gasteiger partial charge on any atom is 0.121 e. The summed E-state index contributed by atoms with van der Waals surface area (Å²) in [5.41, 5.74) is 8.48. The van der Waals surface area contributed by atoms with E-state index in [2.05, 4.69) is 10.3 Å². The summed E-state index contributed by atoms with van der Waals surface area (Å²) < 4.78 is 7.52. The number of benzene rings is 2. The number of ether oxygens (including phenoxy) is 1. The van der Waals surface area contributed by atoms with Crippen LogP contribution in [0.25, 0.3) is 11.3 Å². The first-order valence-electron chi connectivity index (χ1n) is 6.75. The largest absolute Gasteiger partial charge is 0.492 e. The minimum atomic E-state index is 0.507. The number of hydrogen-bond donors (Lipinski definition) is 1. The van der Waals surface area contributed by atoms with Gasteiger partial charge in [0.05, 0.1) is 18.4 Å². The average molecular weight is 280 g/mol. The number of nitrogen functional groups attached to an aromatic ring is 1. The van der Waals surface area contributed by atoms with Crippen molar-refractivity contribution < 1.29 is 4.74 Å². The predicted molar refractivity (Wildman–Crippen MR) is 81.8 cm³/mol. The Kier molecular flexibility index (Phi) is 3.82. The van der Waals surface area contributed by atoms with Crippen molar-refractivity contribution in [2.24, 2.45) is 0 Å². The highest BCUT2D eigenvalue weighted by Crippen LogP contribution is 2.18. The standard InChI is InChI=1S/C16H16N4O/c17-14-7-4-8-15(11-14)21-10-9-20-16(12-18-19-20)13-5-2-1-3-6-13/h1-8,11-12H,9-10,17H2. The Bertz CT molecular complexity index is 709. The molecule has 0 radical (unpaired) electrons. The van der Waals surface area contributed by atoms with Gasteiger partial charge in [-0.2, -0.15) is 0 Å². The van der Waals surface area contributed by atoms with Crippen LogP contribution in [0.1, 0.15) is 0 Å². The van der Waals surface area contributed by atoms with E-state index >= 15 is 0 Å². The van der Waals surface area contributed by atoms with Crippen LogP contribution in [0.2, 0.25) is 0 Å². The van der Waals surface area contributed by atoms with Gasteiger partial charge in [-0.3, -0.25) is 0 Å². The van der Waals surface area contributed by atoms with E-state index < -0.39 is 0 Å². The molecule has 0 saturated heterocycles. The fraction of sp³-hybridized carbons (Fsp3) is 0.125. The third kappa shape index (κ3) is 3.20. The van der Waals surface area contributed by atoms with E-state index in [4.69, 9.17) is 10.5 Å². The van der Waals surface area contributed by atoms with Crippen molar-refractivity contribution in [1.29, 1.82) is 0 Å². The number of anilines is 1. The van der Waals surface area contributed by atoms with Gasteiger partial charge in [-0.1, -0.05) is 41.6 Å². The Balaban J connectivity index is 1.66. The van der Waals surface area contributed by atoms with Crippen molar-refractivity contribution in [2.45, 2.75) is 6.54 Å². The fourth-order valence-electron chi connectivity index (χ4n) is 2.11. The van der Waals surface area contributed by atoms with Crippen molar-refractivity contribution in [3.63, 3.8) is 0 Å². The summed E-state index contributed by atoms with van der Waals surface area (Å²) in [6.45, 7) is 1.13. The first kappa shape index (κ1) is 13.2. The normalized spacial score (nSPS) is 10.5. The minimum absolute atomic E-state index is 0.507.